The number of thioether (sulfide) groups is 1. The highest BCUT2D eigenvalue weighted by Gasteiger charge is 2.03. The van der Waals surface area contributed by atoms with E-state index < -0.39 is 0 Å². The van der Waals surface area contributed by atoms with Gasteiger partial charge in [0, 0.05) is 11.3 Å². The molecule has 92 valence electrons. The van der Waals surface area contributed by atoms with E-state index in [1.54, 1.807) is 29.2 Å². The van der Waals surface area contributed by atoms with Crippen LogP contribution in [0.1, 0.15) is 11.1 Å². The summed E-state index contributed by atoms with van der Waals surface area (Å²) in [6.07, 6.45) is 0. The number of hydrogen-bond acceptors (Lipinski definition) is 3. The number of thiophene rings is 1. The minimum atomic E-state index is -0.304. The van der Waals surface area contributed by atoms with Gasteiger partial charge in [0.05, 0.1) is 4.21 Å². The van der Waals surface area contributed by atoms with E-state index in [-0.39, 0.29) is 12.4 Å². The van der Waals surface area contributed by atoms with Crippen LogP contribution in [-0.2, 0) is 5.75 Å². The minimum Gasteiger partial charge on any atom is -0.384 e. The van der Waals surface area contributed by atoms with E-state index in [4.69, 9.17) is 5.11 Å². The van der Waals surface area contributed by atoms with Gasteiger partial charge in [-0.1, -0.05) is 24.0 Å². The Balaban J connectivity index is 2.16. The summed E-state index contributed by atoms with van der Waals surface area (Å²) in [6, 6.07) is 8.65. The molecule has 2 rings (SSSR count). The van der Waals surface area contributed by atoms with E-state index in [9.17, 15) is 4.39 Å². The number of aliphatic hydroxyl groups is 1. The number of rotatable bonds is 3. The van der Waals surface area contributed by atoms with Crippen LogP contribution in [0.25, 0.3) is 0 Å². The number of aliphatic hydroxyl groups excluding tert-OH is 1. The Bertz CT molecular complexity index is 567. The second kappa shape index (κ2) is 6.60. The normalized spacial score (nSPS) is 9.89. The first-order valence-electron chi connectivity index (χ1n) is 5.34. The number of halogens is 1. The summed E-state index contributed by atoms with van der Waals surface area (Å²) in [5.74, 6) is 5.78. The molecule has 0 saturated heterocycles. The molecule has 0 unspecified atom stereocenters. The van der Waals surface area contributed by atoms with Crippen LogP contribution in [0.3, 0.4) is 0 Å². The van der Waals surface area contributed by atoms with E-state index in [0.29, 0.717) is 5.56 Å². The minimum absolute atomic E-state index is 0.214. The van der Waals surface area contributed by atoms with Crippen LogP contribution in [0.15, 0.2) is 39.9 Å². The van der Waals surface area contributed by atoms with Crippen molar-refractivity contribution in [2.75, 3.05) is 6.61 Å². The molecule has 1 N–H and O–H groups in total. The van der Waals surface area contributed by atoms with Crippen molar-refractivity contribution < 1.29 is 9.50 Å². The Morgan fingerprint density at radius 1 is 1.33 bits per heavy atom. The average molecular weight is 278 g/mol. The van der Waals surface area contributed by atoms with E-state index in [1.165, 1.54) is 16.3 Å². The molecule has 0 radical (unpaired) electrons. The maximum absolute atomic E-state index is 13.2. The standard InChI is InChI=1S/C14H11FOS2/c15-13-6-5-12(11(9-13)3-1-7-16)10-18-14-4-2-8-17-14/h2,4-6,8-9,16H,7,10H2. The van der Waals surface area contributed by atoms with Gasteiger partial charge in [-0.3, -0.25) is 0 Å². The smallest absolute Gasteiger partial charge is 0.124 e. The Labute approximate surface area is 114 Å². The highest BCUT2D eigenvalue weighted by atomic mass is 32.2. The molecule has 0 bridgehead atoms. The zero-order valence-electron chi connectivity index (χ0n) is 9.52. The molecule has 0 spiro atoms. The second-order valence-corrected chi connectivity index (χ2v) is 5.71. The van der Waals surface area contributed by atoms with Crippen molar-refractivity contribution in [1.29, 1.82) is 0 Å². The molecule has 0 aliphatic heterocycles. The molecule has 2 aromatic rings. The summed E-state index contributed by atoms with van der Waals surface area (Å²) in [5, 5.41) is 10.7. The van der Waals surface area contributed by atoms with Crippen LogP contribution in [0.5, 0.6) is 0 Å². The van der Waals surface area contributed by atoms with Crippen LogP contribution in [-0.4, -0.2) is 11.7 Å². The molecule has 0 aliphatic rings. The molecular weight excluding hydrogens is 267 g/mol. The summed E-state index contributed by atoms with van der Waals surface area (Å²) >= 11 is 3.38. The van der Waals surface area contributed by atoms with Gasteiger partial charge in [-0.15, -0.1) is 23.1 Å². The first kappa shape index (κ1) is 13.2. The fraction of sp³-hybridized carbons (Fsp3) is 0.143. The predicted molar refractivity (Wildman–Crippen MR) is 74.2 cm³/mol. The van der Waals surface area contributed by atoms with Crippen molar-refractivity contribution in [3.8, 4) is 11.8 Å². The van der Waals surface area contributed by atoms with Gasteiger partial charge in [0.15, 0.2) is 0 Å². The summed E-state index contributed by atoms with van der Waals surface area (Å²) in [5.41, 5.74) is 1.63. The maximum atomic E-state index is 13.2. The molecule has 0 atom stereocenters. The largest absolute Gasteiger partial charge is 0.384 e. The Morgan fingerprint density at radius 2 is 2.22 bits per heavy atom. The van der Waals surface area contributed by atoms with E-state index in [0.717, 1.165) is 11.3 Å². The molecule has 0 aliphatic carbocycles. The van der Waals surface area contributed by atoms with Crippen LogP contribution >= 0.6 is 23.1 Å². The SMILES string of the molecule is OCC#Cc1cc(F)ccc1CSc1cccs1. The third kappa shape index (κ3) is 3.61. The maximum Gasteiger partial charge on any atom is 0.124 e. The van der Waals surface area contributed by atoms with E-state index >= 15 is 0 Å². The predicted octanol–water partition coefficient (Wildman–Crippen LogP) is 3.52. The van der Waals surface area contributed by atoms with Crippen LogP contribution in [0, 0.1) is 17.7 Å². The third-order valence-electron chi connectivity index (χ3n) is 2.24. The highest BCUT2D eigenvalue weighted by Crippen LogP contribution is 2.28. The van der Waals surface area contributed by atoms with Gasteiger partial charge in [0.1, 0.15) is 12.4 Å². The third-order valence-corrected chi connectivity index (χ3v) is 4.42. The van der Waals surface area contributed by atoms with Gasteiger partial charge in [0.2, 0.25) is 0 Å². The summed E-state index contributed by atoms with van der Waals surface area (Å²) in [7, 11) is 0. The molecule has 1 nitrogen and oxygen atoms in total. The monoisotopic (exact) mass is 278 g/mol. The Hall–Kier alpha value is -1.28. The summed E-state index contributed by atoms with van der Waals surface area (Å²) < 4.78 is 14.4. The Kier molecular flexibility index (Phi) is 4.82. The van der Waals surface area contributed by atoms with Crippen molar-refractivity contribution in [1.82, 2.24) is 0 Å². The van der Waals surface area contributed by atoms with E-state index in [1.807, 2.05) is 11.4 Å². The first-order chi connectivity index (χ1) is 8.79. The molecule has 1 heterocycles. The second-order valence-electron chi connectivity index (χ2n) is 3.48. The number of hydrogen-bond donors (Lipinski definition) is 1. The van der Waals surface area contributed by atoms with Crippen molar-refractivity contribution in [2.24, 2.45) is 0 Å². The van der Waals surface area contributed by atoms with Crippen LogP contribution < -0.4 is 0 Å². The van der Waals surface area contributed by atoms with Crippen molar-refractivity contribution in [3.05, 3.63) is 52.7 Å². The summed E-state index contributed by atoms with van der Waals surface area (Å²) in [4.78, 5) is 0. The van der Waals surface area contributed by atoms with Gasteiger partial charge in [-0.2, -0.15) is 0 Å². The summed E-state index contributed by atoms with van der Waals surface area (Å²) in [6.45, 7) is -0.214. The quantitative estimate of drug-likeness (QED) is 0.684. The van der Waals surface area contributed by atoms with Gasteiger partial charge in [-0.05, 0) is 29.1 Å². The van der Waals surface area contributed by atoms with Crippen molar-refractivity contribution in [2.45, 2.75) is 9.96 Å². The average Bonchev–Trinajstić information content (AvgIpc) is 2.88. The lowest BCUT2D eigenvalue weighted by molar-refractivity contribution is 0.350. The highest BCUT2D eigenvalue weighted by molar-refractivity contribution is 8.00. The topological polar surface area (TPSA) is 20.2 Å². The lowest BCUT2D eigenvalue weighted by atomic mass is 10.1. The molecule has 0 saturated carbocycles. The fourth-order valence-electron chi connectivity index (χ4n) is 1.42. The zero-order valence-corrected chi connectivity index (χ0v) is 11.2. The van der Waals surface area contributed by atoms with Crippen LogP contribution in [0.4, 0.5) is 4.39 Å². The Morgan fingerprint density at radius 3 is 2.94 bits per heavy atom. The molecule has 1 aromatic heterocycles. The molecule has 4 heteroatoms. The van der Waals surface area contributed by atoms with Gasteiger partial charge < -0.3 is 5.11 Å². The van der Waals surface area contributed by atoms with Gasteiger partial charge >= 0.3 is 0 Å². The fourth-order valence-corrected chi connectivity index (χ4v) is 3.21. The molecule has 0 fully saturated rings. The molecular formula is C14H11FOS2. The molecule has 18 heavy (non-hydrogen) atoms. The van der Waals surface area contributed by atoms with Crippen molar-refractivity contribution in [3.63, 3.8) is 0 Å². The molecule has 1 aromatic carbocycles. The molecule has 0 amide bonds. The van der Waals surface area contributed by atoms with Crippen molar-refractivity contribution >= 4 is 23.1 Å². The van der Waals surface area contributed by atoms with E-state index in [2.05, 4.69) is 17.9 Å². The van der Waals surface area contributed by atoms with Gasteiger partial charge in [0.25, 0.3) is 0 Å². The van der Waals surface area contributed by atoms with Gasteiger partial charge in [-0.25, -0.2) is 4.39 Å². The number of benzene rings is 1. The van der Waals surface area contributed by atoms with Crippen LogP contribution in [0.2, 0.25) is 0 Å². The lowest BCUT2D eigenvalue weighted by Crippen LogP contribution is -1.89. The zero-order chi connectivity index (χ0) is 12.8. The first-order valence-corrected chi connectivity index (χ1v) is 7.20. The lowest BCUT2D eigenvalue weighted by Gasteiger charge is -2.03.